The summed E-state index contributed by atoms with van der Waals surface area (Å²) in [7, 11) is 0. The number of rotatable bonds is 0. The molecule has 1 aromatic carbocycles. The largest absolute Gasteiger partial charge is 0.216 e. The first-order valence-corrected chi connectivity index (χ1v) is 7.90. The molecule has 1 aromatic rings. The number of benzene rings is 1. The summed E-state index contributed by atoms with van der Waals surface area (Å²) in [4.78, 5) is 0. The van der Waals surface area contributed by atoms with Gasteiger partial charge < -0.3 is 0 Å². The van der Waals surface area contributed by atoms with Crippen molar-refractivity contribution in [3.8, 4) is 36.4 Å². The average molecular weight is 386 g/mol. The summed E-state index contributed by atoms with van der Waals surface area (Å²) in [6.07, 6.45) is 0. The number of hydrogen-bond acceptors (Lipinski definition) is 12. The first-order chi connectivity index (χ1) is 14.7. The molecule has 0 atom stereocenters. The van der Waals surface area contributed by atoms with Crippen molar-refractivity contribution in [2.24, 2.45) is 20.8 Å². The molecule has 0 spiro atoms. The van der Waals surface area contributed by atoms with Crippen LogP contribution in [0.1, 0.15) is 11.1 Å². The minimum Gasteiger partial charge on any atom is -0.216 e. The van der Waals surface area contributed by atoms with Crippen LogP contribution in [0.2, 0.25) is 0 Å². The van der Waals surface area contributed by atoms with Crippen LogP contribution >= 0.6 is 0 Å². The second-order valence-electron chi connectivity index (χ2n) is 5.70. The van der Waals surface area contributed by atoms with E-state index in [0.29, 0.717) is 0 Å². The quantitative estimate of drug-likeness (QED) is 0.614. The summed E-state index contributed by atoms with van der Waals surface area (Å²) >= 11 is 0. The minimum absolute atomic E-state index is 0.0415. The molecular formula is C18H2N12. The summed E-state index contributed by atoms with van der Waals surface area (Å²) in [6.45, 7) is 0. The van der Waals surface area contributed by atoms with Gasteiger partial charge in [0.25, 0.3) is 0 Å². The van der Waals surface area contributed by atoms with E-state index in [9.17, 15) is 31.6 Å². The molecule has 0 unspecified atom stereocenters. The Morgan fingerprint density at radius 1 is 0.667 bits per heavy atom. The van der Waals surface area contributed by atoms with Gasteiger partial charge in [-0.15, -0.1) is 10.2 Å². The van der Waals surface area contributed by atoms with Crippen LogP contribution in [0, 0.1) is 68.0 Å². The fourth-order valence-electron chi connectivity index (χ4n) is 3.29. The molecule has 0 radical (unpaired) electrons. The Kier molecular flexibility index (Phi) is 3.76. The van der Waals surface area contributed by atoms with E-state index >= 15 is 0 Å². The number of nitriles is 6. The summed E-state index contributed by atoms with van der Waals surface area (Å²) in [5, 5.41) is 74.9. The van der Waals surface area contributed by atoms with Crippen LogP contribution in [-0.4, -0.2) is 10.1 Å². The Hall–Kier alpha value is -5.82. The minimum atomic E-state index is -0.351. The monoisotopic (exact) mass is 386 g/mol. The number of allylic oxidation sites excluding steroid dienone is 3. The highest BCUT2D eigenvalue weighted by Gasteiger charge is 2.41. The maximum absolute atomic E-state index is 9.82. The van der Waals surface area contributed by atoms with Gasteiger partial charge in [-0.2, -0.15) is 31.6 Å². The van der Waals surface area contributed by atoms with Crippen molar-refractivity contribution in [1.29, 1.82) is 31.6 Å². The maximum atomic E-state index is 9.82. The third-order valence-electron chi connectivity index (χ3n) is 4.43. The van der Waals surface area contributed by atoms with Crippen LogP contribution in [-0.2, 0) is 0 Å². The fraction of sp³-hybridized carbons (Fsp3) is 0. The second-order valence-corrected chi connectivity index (χ2v) is 5.70. The summed E-state index contributed by atoms with van der Waals surface area (Å²) in [5.74, 6) is -0.0415. The van der Waals surface area contributed by atoms with Crippen LogP contribution < -0.4 is 10.4 Å². The van der Waals surface area contributed by atoms with Crippen molar-refractivity contribution in [3.05, 3.63) is 56.1 Å². The zero-order valence-electron chi connectivity index (χ0n) is 14.5. The zero-order chi connectivity index (χ0) is 21.4. The highest BCUT2D eigenvalue weighted by molar-refractivity contribution is 5.84. The fourth-order valence-corrected chi connectivity index (χ4v) is 3.29. The van der Waals surface area contributed by atoms with Crippen LogP contribution in [0.25, 0.3) is 11.5 Å². The van der Waals surface area contributed by atoms with Gasteiger partial charge in [0.2, 0.25) is 5.82 Å². The van der Waals surface area contributed by atoms with Gasteiger partial charge in [0.1, 0.15) is 29.8 Å². The number of fused-ring (bicyclic) bond motifs is 4. The molecule has 0 aromatic heterocycles. The molecule has 0 aliphatic carbocycles. The molecule has 4 rings (SSSR count). The highest BCUT2D eigenvalue weighted by Crippen LogP contribution is 2.39. The smallest absolute Gasteiger partial charge is 0.207 e. The van der Waals surface area contributed by atoms with Gasteiger partial charge in [0, 0.05) is 5.22 Å². The molecule has 0 N–H and O–H groups in total. The van der Waals surface area contributed by atoms with E-state index < -0.39 is 0 Å². The van der Waals surface area contributed by atoms with Crippen molar-refractivity contribution < 1.29 is 0 Å². The Labute approximate surface area is 167 Å². The van der Waals surface area contributed by atoms with Gasteiger partial charge in [0.15, 0.2) is 5.70 Å². The molecule has 0 bridgehead atoms. The summed E-state index contributed by atoms with van der Waals surface area (Å²) in [5.41, 5.74) is -1.19. The molecule has 12 nitrogen and oxygen atoms in total. The molecule has 3 aliphatic heterocycles. The lowest BCUT2D eigenvalue weighted by atomic mass is 9.90. The predicted molar refractivity (Wildman–Crippen MR) is 91.8 cm³/mol. The van der Waals surface area contributed by atoms with E-state index in [1.807, 2.05) is 24.3 Å². The normalized spacial score (nSPS) is 15.7. The van der Waals surface area contributed by atoms with Crippen molar-refractivity contribution in [2.75, 3.05) is 0 Å². The molecular weight excluding hydrogens is 384 g/mol. The molecule has 3 aliphatic rings. The standard InChI is InChI=1S/C18H2N12/c19-3-9-1-2-10(4-20)16-15(9)17-13(7-23)11(5-21)12(6-22)14(8-24)29(17)30-18(16)25-26-27-28-30/h1-2H. The number of hydrazine groups is 1. The third kappa shape index (κ3) is 2.02. The van der Waals surface area contributed by atoms with Gasteiger partial charge in [-0.3, -0.25) is 0 Å². The molecule has 3 heterocycles. The summed E-state index contributed by atoms with van der Waals surface area (Å²) < 4.78 is 0. The van der Waals surface area contributed by atoms with E-state index in [1.165, 1.54) is 12.1 Å². The lowest BCUT2D eigenvalue weighted by molar-refractivity contribution is 0.124. The second kappa shape index (κ2) is 6.41. The predicted octanol–water partition coefficient (Wildman–Crippen LogP) is 0.543. The molecule has 0 saturated carbocycles. The van der Waals surface area contributed by atoms with Crippen LogP contribution in [0.5, 0.6) is 0 Å². The molecule has 12 heteroatoms. The maximum Gasteiger partial charge on any atom is 0.207 e. The average Bonchev–Trinajstić information content (AvgIpc) is 2.81. The Balaban J connectivity index is 2.42. The van der Waals surface area contributed by atoms with Gasteiger partial charge in [-0.05, 0) is 27.8 Å². The van der Waals surface area contributed by atoms with E-state index in [1.54, 1.807) is 12.1 Å². The SMILES string of the molecule is N#CC1=C(C#N)C2=c3c(C#N)ccc(C#N)c3=C3N=NN=NN3N2C(C#N)=C1C#N. The Bertz CT molecular complexity index is 1560. The molecule has 0 amide bonds. The van der Waals surface area contributed by atoms with Crippen molar-refractivity contribution >= 4 is 11.5 Å². The van der Waals surface area contributed by atoms with Crippen LogP contribution in [0.15, 0.2) is 55.3 Å². The van der Waals surface area contributed by atoms with Crippen LogP contribution in [0.4, 0.5) is 0 Å². The number of hydrogen-bond donors (Lipinski definition) is 0. The van der Waals surface area contributed by atoms with E-state index in [2.05, 4.69) is 20.8 Å². The van der Waals surface area contributed by atoms with E-state index in [4.69, 9.17) is 0 Å². The first kappa shape index (κ1) is 17.6. The van der Waals surface area contributed by atoms with Gasteiger partial charge in [-0.25, -0.2) is 5.01 Å². The molecule has 134 valence electrons. The van der Waals surface area contributed by atoms with Crippen molar-refractivity contribution in [3.63, 3.8) is 0 Å². The Morgan fingerprint density at radius 3 is 1.87 bits per heavy atom. The topological polar surface area (TPSA) is 199 Å². The third-order valence-corrected chi connectivity index (χ3v) is 4.43. The van der Waals surface area contributed by atoms with Crippen molar-refractivity contribution in [1.82, 2.24) is 10.1 Å². The Morgan fingerprint density at radius 2 is 1.30 bits per heavy atom. The first-order valence-electron chi connectivity index (χ1n) is 7.90. The van der Waals surface area contributed by atoms with E-state index in [-0.39, 0.29) is 55.5 Å². The van der Waals surface area contributed by atoms with E-state index in [0.717, 1.165) is 10.1 Å². The number of nitrogens with zero attached hydrogens (tertiary/aromatic N) is 12. The lowest BCUT2D eigenvalue weighted by Crippen LogP contribution is -2.52. The van der Waals surface area contributed by atoms with Crippen molar-refractivity contribution in [2.45, 2.75) is 0 Å². The zero-order valence-corrected chi connectivity index (χ0v) is 14.5. The van der Waals surface area contributed by atoms with Gasteiger partial charge in [-0.1, -0.05) is 0 Å². The molecule has 0 saturated heterocycles. The lowest BCUT2D eigenvalue weighted by Gasteiger charge is -2.38. The highest BCUT2D eigenvalue weighted by atomic mass is 15.9. The molecule has 0 fully saturated rings. The summed E-state index contributed by atoms with van der Waals surface area (Å²) in [6, 6.07) is 14.0. The molecule has 30 heavy (non-hydrogen) atoms. The van der Waals surface area contributed by atoms with Gasteiger partial charge >= 0.3 is 0 Å². The van der Waals surface area contributed by atoms with Crippen LogP contribution in [0.3, 0.4) is 0 Å². The van der Waals surface area contributed by atoms with Gasteiger partial charge in [0.05, 0.1) is 45.3 Å².